The highest BCUT2D eigenvalue weighted by atomic mass is 32.2. The largest absolute Gasteiger partial charge is 0.489 e. The fourth-order valence-corrected chi connectivity index (χ4v) is 5.05. The molecule has 3 aromatic carbocycles. The molecule has 31 heavy (non-hydrogen) atoms. The number of fused-ring (bicyclic) bond motifs is 1. The molecule has 160 valence electrons. The predicted molar refractivity (Wildman–Crippen MR) is 132 cm³/mol. The van der Waals surface area contributed by atoms with Crippen LogP contribution in [0.2, 0.25) is 0 Å². The topological polar surface area (TPSA) is 21.3 Å². The number of benzene rings is 3. The summed E-state index contributed by atoms with van der Waals surface area (Å²) in [4.78, 5) is 1.28. The third-order valence-corrected chi connectivity index (χ3v) is 7.07. The summed E-state index contributed by atoms with van der Waals surface area (Å²) in [5.41, 5.74) is 5.01. The molecule has 4 rings (SSSR count). The summed E-state index contributed by atoms with van der Waals surface area (Å²) in [7, 11) is 0. The molecule has 1 unspecified atom stereocenters. The van der Waals surface area contributed by atoms with Gasteiger partial charge < -0.3 is 4.74 Å². The Hall–Kier alpha value is -2.49. The van der Waals surface area contributed by atoms with Gasteiger partial charge in [-0.05, 0) is 65.3 Å². The number of hydrogen-bond donors (Lipinski definition) is 1. The Labute approximate surface area is 190 Å². The minimum absolute atomic E-state index is 0.00247. The van der Waals surface area contributed by atoms with E-state index in [4.69, 9.17) is 4.74 Å². The van der Waals surface area contributed by atoms with Gasteiger partial charge in [-0.3, -0.25) is 0 Å². The van der Waals surface area contributed by atoms with Crippen molar-refractivity contribution in [2.75, 3.05) is 0 Å². The van der Waals surface area contributed by atoms with Gasteiger partial charge >= 0.3 is 0 Å². The molecule has 0 aromatic heterocycles. The van der Waals surface area contributed by atoms with Gasteiger partial charge in [0.1, 0.15) is 12.4 Å². The van der Waals surface area contributed by atoms with Crippen molar-refractivity contribution in [1.29, 1.82) is 0 Å². The molecule has 0 saturated heterocycles. The monoisotopic (exact) mass is 429 g/mol. The first-order valence-corrected chi connectivity index (χ1v) is 12.1. The normalized spacial score (nSPS) is 18.1. The van der Waals surface area contributed by atoms with Crippen LogP contribution in [0.15, 0.2) is 89.8 Å². The van der Waals surface area contributed by atoms with Gasteiger partial charge in [0, 0.05) is 10.4 Å². The summed E-state index contributed by atoms with van der Waals surface area (Å²) in [6.45, 7) is 5.14. The number of rotatable bonds is 8. The summed E-state index contributed by atoms with van der Waals surface area (Å²) in [6.07, 6.45) is 7.10. The lowest BCUT2D eigenvalue weighted by Gasteiger charge is -2.30. The molecule has 3 aromatic rings. The van der Waals surface area contributed by atoms with Gasteiger partial charge in [0.2, 0.25) is 0 Å². The van der Waals surface area contributed by atoms with Crippen LogP contribution in [-0.2, 0) is 6.61 Å². The van der Waals surface area contributed by atoms with Gasteiger partial charge in [0.15, 0.2) is 0 Å². The molecule has 0 fully saturated rings. The van der Waals surface area contributed by atoms with E-state index in [1.807, 2.05) is 18.2 Å². The minimum Gasteiger partial charge on any atom is -0.489 e. The highest BCUT2D eigenvalue weighted by Crippen LogP contribution is 2.40. The van der Waals surface area contributed by atoms with Gasteiger partial charge in [-0.15, -0.1) is 0 Å². The van der Waals surface area contributed by atoms with Crippen LogP contribution in [0, 0.1) is 0 Å². The average molecular weight is 430 g/mol. The Morgan fingerprint density at radius 3 is 2.35 bits per heavy atom. The summed E-state index contributed by atoms with van der Waals surface area (Å²) >= 11 is 1.77. The third-order valence-electron chi connectivity index (χ3n) is 5.98. The number of hydrogen-bond acceptors (Lipinski definition) is 3. The van der Waals surface area contributed by atoms with Crippen LogP contribution in [-0.4, -0.2) is 5.54 Å². The average Bonchev–Trinajstić information content (AvgIpc) is 3.00. The van der Waals surface area contributed by atoms with Crippen molar-refractivity contribution in [3.63, 3.8) is 0 Å². The first-order chi connectivity index (χ1) is 15.2. The van der Waals surface area contributed by atoms with Gasteiger partial charge in [-0.2, -0.15) is 0 Å². The molecule has 0 aliphatic carbocycles. The maximum absolute atomic E-state index is 6.01. The van der Waals surface area contributed by atoms with Crippen molar-refractivity contribution in [2.45, 2.75) is 56.6 Å². The molecule has 1 atom stereocenters. The van der Waals surface area contributed by atoms with Gasteiger partial charge in [0.25, 0.3) is 0 Å². The van der Waals surface area contributed by atoms with E-state index in [1.165, 1.54) is 40.0 Å². The quantitative estimate of drug-likeness (QED) is 0.372. The molecular formula is C28H31NOS. The highest BCUT2D eigenvalue weighted by molar-refractivity contribution is 7.97. The van der Waals surface area contributed by atoms with E-state index in [-0.39, 0.29) is 5.54 Å². The minimum atomic E-state index is -0.00247. The third kappa shape index (κ3) is 5.23. The van der Waals surface area contributed by atoms with E-state index in [9.17, 15) is 0 Å². The van der Waals surface area contributed by atoms with E-state index < -0.39 is 0 Å². The molecule has 1 aliphatic rings. The molecular weight excluding hydrogens is 398 g/mol. The Bertz CT molecular complexity index is 1010. The molecule has 1 N–H and O–H groups in total. The molecule has 0 bridgehead atoms. The summed E-state index contributed by atoms with van der Waals surface area (Å²) in [5, 5.41) is 0. The fraction of sp³-hybridized carbons (Fsp3) is 0.286. The Kier molecular flexibility index (Phi) is 7.16. The smallest absolute Gasteiger partial charge is 0.119 e. The number of unbranched alkanes of at least 4 members (excludes halogenated alkanes) is 1. The van der Waals surface area contributed by atoms with Gasteiger partial charge in [0.05, 0.1) is 0 Å². The lowest BCUT2D eigenvalue weighted by molar-refractivity contribution is 0.306. The van der Waals surface area contributed by atoms with Crippen molar-refractivity contribution < 1.29 is 4.74 Å². The zero-order valence-corrected chi connectivity index (χ0v) is 19.3. The van der Waals surface area contributed by atoms with Crippen molar-refractivity contribution >= 4 is 17.5 Å². The van der Waals surface area contributed by atoms with E-state index in [1.54, 1.807) is 11.9 Å². The first kappa shape index (κ1) is 21.7. The zero-order valence-electron chi connectivity index (χ0n) is 18.4. The molecule has 3 heteroatoms. The lowest BCUT2D eigenvalue weighted by atomic mass is 9.85. The maximum Gasteiger partial charge on any atom is 0.119 e. The Balaban J connectivity index is 1.63. The van der Waals surface area contributed by atoms with Crippen LogP contribution < -0.4 is 9.46 Å². The lowest BCUT2D eigenvalue weighted by Crippen LogP contribution is -2.38. The SMILES string of the molecule is CCCCC1(CC)C=C(c2ccc(OCc3ccccc3)cc2)c2ccccc2SN1. The van der Waals surface area contributed by atoms with Crippen molar-refractivity contribution in [1.82, 2.24) is 4.72 Å². The van der Waals surface area contributed by atoms with Crippen LogP contribution in [0.3, 0.4) is 0 Å². The molecule has 0 spiro atoms. The van der Waals surface area contributed by atoms with Crippen LogP contribution >= 0.6 is 11.9 Å². The van der Waals surface area contributed by atoms with Gasteiger partial charge in [-0.1, -0.05) is 93.4 Å². The van der Waals surface area contributed by atoms with E-state index in [0.29, 0.717) is 6.61 Å². The zero-order chi connectivity index (χ0) is 21.5. The molecule has 2 nitrogen and oxygen atoms in total. The Morgan fingerprint density at radius 2 is 1.61 bits per heavy atom. The second-order valence-electron chi connectivity index (χ2n) is 8.17. The predicted octanol–water partition coefficient (Wildman–Crippen LogP) is 7.65. The van der Waals surface area contributed by atoms with Crippen molar-refractivity contribution in [3.05, 3.63) is 102 Å². The van der Waals surface area contributed by atoms with Crippen molar-refractivity contribution in [2.24, 2.45) is 0 Å². The van der Waals surface area contributed by atoms with Crippen LogP contribution in [0.25, 0.3) is 5.57 Å². The molecule has 0 saturated carbocycles. The second kappa shape index (κ2) is 10.2. The summed E-state index contributed by atoms with van der Waals surface area (Å²) in [6, 6.07) is 27.6. The molecule has 0 radical (unpaired) electrons. The van der Waals surface area contributed by atoms with Crippen LogP contribution in [0.4, 0.5) is 0 Å². The summed E-state index contributed by atoms with van der Waals surface area (Å²) in [5.74, 6) is 0.898. The van der Waals surface area contributed by atoms with Gasteiger partial charge in [-0.25, -0.2) is 4.72 Å². The first-order valence-electron chi connectivity index (χ1n) is 11.3. The number of nitrogens with one attached hydrogen (secondary N) is 1. The fourth-order valence-electron chi connectivity index (χ4n) is 4.00. The van der Waals surface area contributed by atoms with E-state index in [0.717, 1.165) is 18.6 Å². The maximum atomic E-state index is 6.01. The second-order valence-corrected chi connectivity index (χ2v) is 9.02. The molecule has 1 heterocycles. The van der Waals surface area contributed by atoms with Crippen molar-refractivity contribution in [3.8, 4) is 5.75 Å². The van der Waals surface area contributed by atoms with E-state index in [2.05, 4.69) is 85.3 Å². The van der Waals surface area contributed by atoms with Crippen LogP contribution in [0.5, 0.6) is 5.75 Å². The standard InChI is InChI=1S/C28H31NOS/c1-3-5-19-28(4-2)20-26(25-13-9-10-14-27(25)31-29-28)23-15-17-24(18-16-23)30-21-22-11-7-6-8-12-22/h6-18,20,29H,3-5,19,21H2,1-2H3. The summed E-state index contributed by atoms with van der Waals surface area (Å²) < 4.78 is 9.81. The molecule has 0 amide bonds. The molecule has 1 aliphatic heterocycles. The highest BCUT2D eigenvalue weighted by Gasteiger charge is 2.29. The van der Waals surface area contributed by atoms with Crippen LogP contribution in [0.1, 0.15) is 56.2 Å². The number of ether oxygens (including phenoxy) is 1. The van der Waals surface area contributed by atoms with E-state index >= 15 is 0 Å². The Morgan fingerprint density at radius 1 is 0.871 bits per heavy atom.